The third-order valence-corrected chi connectivity index (χ3v) is 6.90. The molecule has 0 atom stereocenters. The SMILES string of the molecule is CCN1CCN(CCNC(=O)C2CCN(c3ccc(N4CCCC4)nn3)CC2)CC1. The molecule has 166 valence electrons. The van der Waals surface area contributed by atoms with Crippen molar-refractivity contribution in [1.82, 2.24) is 25.3 Å². The Labute approximate surface area is 180 Å². The summed E-state index contributed by atoms with van der Waals surface area (Å²) in [6.07, 6.45) is 4.26. The molecule has 0 spiro atoms. The molecule has 1 amide bonds. The average molecular weight is 416 g/mol. The number of hydrogen-bond acceptors (Lipinski definition) is 7. The molecule has 4 heterocycles. The Morgan fingerprint density at radius 1 is 0.900 bits per heavy atom. The summed E-state index contributed by atoms with van der Waals surface area (Å²) < 4.78 is 0. The first-order valence-corrected chi connectivity index (χ1v) is 11.8. The van der Waals surface area contributed by atoms with Crippen molar-refractivity contribution in [2.75, 3.05) is 81.8 Å². The Bertz CT molecular complexity index is 661. The predicted molar refractivity (Wildman–Crippen MR) is 120 cm³/mol. The summed E-state index contributed by atoms with van der Waals surface area (Å²) in [4.78, 5) is 22.1. The Hall–Kier alpha value is -1.93. The fourth-order valence-corrected chi connectivity index (χ4v) is 4.78. The van der Waals surface area contributed by atoms with Gasteiger partial charge < -0.3 is 20.0 Å². The van der Waals surface area contributed by atoms with E-state index in [9.17, 15) is 4.79 Å². The van der Waals surface area contributed by atoms with E-state index in [0.717, 1.165) is 96.5 Å². The fraction of sp³-hybridized carbons (Fsp3) is 0.773. The highest BCUT2D eigenvalue weighted by molar-refractivity contribution is 5.79. The van der Waals surface area contributed by atoms with Crippen molar-refractivity contribution >= 4 is 17.5 Å². The first-order valence-electron chi connectivity index (χ1n) is 11.8. The molecular weight excluding hydrogens is 378 g/mol. The number of rotatable bonds is 7. The first kappa shape index (κ1) is 21.3. The highest BCUT2D eigenvalue weighted by Gasteiger charge is 2.26. The lowest BCUT2D eigenvalue weighted by Gasteiger charge is -2.34. The van der Waals surface area contributed by atoms with Crippen molar-refractivity contribution in [3.05, 3.63) is 12.1 Å². The van der Waals surface area contributed by atoms with Crippen LogP contribution in [0.1, 0.15) is 32.6 Å². The Morgan fingerprint density at radius 3 is 2.03 bits per heavy atom. The van der Waals surface area contributed by atoms with Crippen molar-refractivity contribution in [1.29, 1.82) is 0 Å². The number of aromatic nitrogens is 2. The van der Waals surface area contributed by atoms with Crippen LogP contribution >= 0.6 is 0 Å². The van der Waals surface area contributed by atoms with E-state index in [1.54, 1.807) is 0 Å². The number of carbonyl (C=O) groups is 1. The number of nitrogens with zero attached hydrogens (tertiary/aromatic N) is 6. The van der Waals surface area contributed by atoms with Crippen LogP contribution in [0.15, 0.2) is 12.1 Å². The first-order chi connectivity index (χ1) is 14.7. The monoisotopic (exact) mass is 415 g/mol. The molecular formula is C22H37N7O. The second-order valence-corrected chi connectivity index (χ2v) is 8.77. The lowest BCUT2D eigenvalue weighted by atomic mass is 9.96. The van der Waals surface area contributed by atoms with Gasteiger partial charge in [-0.15, -0.1) is 10.2 Å². The zero-order valence-corrected chi connectivity index (χ0v) is 18.4. The third-order valence-electron chi connectivity index (χ3n) is 6.90. The molecule has 0 aliphatic carbocycles. The summed E-state index contributed by atoms with van der Waals surface area (Å²) >= 11 is 0. The van der Waals surface area contributed by atoms with Crippen molar-refractivity contribution in [2.45, 2.75) is 32.6 Å². The number of hydrogen-bond donors (Lipinski definition) is 1. The van der Waals surface area contributed by atoms with Crippen LogP contribution in [0.3, 0.4) is 0 Å². The van der Waals surface area contributed by atoms with Gasteiger partial charge in [-0.25, -0.2) is 0 Å². The highest BCUT2D eigenvalue weighted by atomic mass is 16.1. The molecule has 3 aliphatic heterocycles. The van der Waals surface area contributed by atoms with E-state index in [4.69, 9.17) is 0 Å². The van der Waals surface area contributed by atoms with E-state index < -0.39 is 0 Å². The molecule has 8 heteroatoms. The van der Waals surface area contributed by atoms with Crippen LogP contribution in [0.4, 0.5) is 11.6 Å². The van der Waals surface area contributed by atoms with Gasteiger partial charge in [-0.2, -0.15) is 0 Å². The minimum absolute atomic E-state index is 0.120. The zero-order chi connectivity index (χ0) is 20.8. The molecule has 0 radical (unpaired) electrons. The van der Waals surface area contributed by atoms with Crippen LogP contribution in [0.25, 0.3) is 0 Å². The number of anilines is 2. The maximum atomic E-state index is 12.6. The van der Waals surface area contributed by atoms with Gasteiger partial charge in [0.1, 0.15) is 0 Å². The molecule has 30 heavy (non-hydrogen) atoms. The van der Waals surface area contributed by atoms with Gasteiger partial charge in [0.05, 0.1) is 0 Å². The van der Waals surface area contributed by atoms with Gasteiger partial charge in [0.15, 0.2) is 11.6 Å². The van der Waals surface area contributed by atoms with Crippen LogP contribution in [0.2, 0.25) is 0 Å². The second-order valence-electron chi connectivity index (χ2n) is 8.77. The van der Waals surface area contributed by atoms with Gasteiger partial charge in [0.2, 0.25) is 5.91 Å². The maximum Gasteiger partial charge on any atom is 0.223 e. The molecule has 1 aromatic heterocycles. The number of piperazine rings is 1. The molecule has 0 saturated carbocycles. The van der Waals surface area contributed by atoms with Gasteiger partial charge >= 0.3 is 0 Å². The van der Waals surface area contributed by atoms with Gasteiger partial charge in [0, 0.05) is 71.4 Å². The summed E-state index contributed by atoms with van der Waals surface area (Å²) in [5.41, 5.74) is 0. The predicted octanol–water partition coefficient (Wildman–Crippen LogP) is 1.05. The Kier molecular flexibility index (Phi) is 7.38. The number of likely N-dealkylation sites (N-methyl/N-ethyl adjacent to an activating group) is 1. The summed E-state index contributed by atoms with van der Waals surface area (Å²) in [6.45, 7) is 13.5. The van der Waals surface area contributed by atoms with Gasteiger partial charge in [-0.05, 0) is 44.4 Å². The molecule has 8 nitrogen and oxygen atoms in total. The van der Waals surface area contributed by atoms with Crippen LogP contribution in [0.5, 0.6) is 0 Å². The molecule has 0 unspecified atom stereocenters. The molecule has 1 aromatic rings. The van der Waals surface area contributed by atoms with Crippen molar-refractivity contribution < 1.29 is 4.79 Å². The van der Waals surface area contributed by atoms with E-state index in [-0.39, 0.29) is 11.8 Å². The summed E-state index contributed by atoms with van der Waals surface area (Å²) in [7, 11) is 0. The average Bonchev–Trinajstić information content (AvgIpc) is 3.35. The minimum Gasteiger partial charge on any atom is -0.355 e. The van der Waals surface area contributed by atoms with E-state index in [1.165, 1.54) is 12.8 Å². The molecule has 0 bridgehead atoms. The normalized spacial score (nSPS) is 21.9. The molecule has 1 N–H and O–H groups in total. The van der Waals surface area contributed by atoms with Crippen LogP contribution in [0, 0.1) is 5.92 Å². The second kappa shape index (κ2) is 10.4. The minimum atomic E-state index is 0.120. The lowest BCUT2D eigenvalue weighted by molar-refractivity contribution is -0.125. The third kappa shape index (κ3) is 5.40. The van der Waals surface area contributed by atoms with Crippen LogP contribution < -0.4 is 15.1 Å². The molecule has 4 rings (SSSR count). The number of piperidine rings is 1. The van der Waals surface area contributed by atoms with E-state index in [0.29, 0.717) is 0 Å². The fourth-order valence-electron chi connectivity index (χ4n) is 4.78. The molecule has 3 fully saturated rings. The Morgan fingerprint density at radius 2 is 1.47 bits per heavy atom. The largest absolute Gasteiger partial charge is 0.355 e. The maximum absolute atomic E-state index is 12.6. The topological polar surface area (TPSA) is 67.8 Å². The quantitative estimate of drug-likeness (QED) is 0.714. The van der Waals surface area contributed by atoms with E-state index >= 15 is 0 Å². The van der Waals surface area contributed by atoms with Crippen molar-refractivity contribution in [2.24, 2.45) is 5.92 Å². The van der Waals surface area contributed by atoms with Crippen molar-refractivity contribution in [3.63, 3.8) is 0 Å². The zero-order valence-electron chi connectivity index (χ0n) is 18.4. The van der Waals surface area contributed by atoms with Crippen LogP contribution in [-0.4, -0.2) is 97.9 Å². The molecule has 0 aromatic carbocycles. The van der Waals surface area contributed by atoms with Crippen LogP contribution in [-0.2, 0) is 4.79 Å². The van der Waals surface area contributed by atoms with Gasteiger partial charge in [-0.1, -0.05) is 6.92 Å². The van der Waals surface area contributed by atoms with E-state index in [2.05, 4.69) is 54.2 Å². The standard InChI is InChI=1S/C22H37N7O/c1-2-26-15-17-27(18-16-26)14-9-23-22(30)19-7-12-29(13-8-19)21-6-5-20(24-25-21)28-10-3-4-11-28/h5-6,19H,2-4,7-18H2,1H3,(H,23,30). The van der Waals surface area contributed by atoms with Gasteiger partial charge in [0.25, 0.3) is 0 Å². The van der Waals surface area contributed by atoms with Gasteiger partial charge in [-0.3, -0.25) is 9.69 Å². The number of amides is 1. The summed E-state index contributed by atoms with van der Waals surface area (Å²) in [5.74, 6) is 2.26. The summed E-state index contributed by atoms with van der Waals surface area (Å²) in [6, 6.07) is 4.17. The number of carbonyl (C=O) groups excluding carboxylic acids is 1. The number of nitrogens with one attached hydrogen (secondary N) is 1. The summed E-state index contributed by atoms with van der Waals surface area (Å²) in [5, 5.41) is 12.1. The molecule has 3 saturated heterocycles. The highest BCUT2D eigenvalue weighted by Crippen LogP contribution is 2.23. The Balaban J connectivity index is 1.15. The smallest absolute Gasteiger partial charge is 0.223 e. The molecule has 3 aliphatic rings. The van der Waals surface area contributed by atoms with Crippen molar-refractivity contribution in [3.8, 4) is 0 Å². The van der Waals surface area contributed by atoms with E-state index in [1.807, 2.05) is 0 Å². The lowest BCUT2D eigenvalue weighted by Crippen LogP contribution is -2.49.